The fourth-order valence-corrected chi connectivity index (χ4v) is 2.44. The van der Waals surface area contributed by atoms with E-state index in [2.05, 4.69) is 26.2 Å². The molecule has 1 unspecified atom stereocenters. The number of hydrogen-bond donors (Lipinski definition) is 1. The van der Waals surface area contributed by atoms with Gasteiger partial charge in [0.1, 0.15) is 5.82 Å². The Bertz CT molecular complexity index is 575. The Morgan fingerprint density at radius 3 is 2.75 bits per heavy atom. The smallest absolute Gasteiger partial charge is 0.141 e. The molecule has 106 valence electrons. The van der Waals surface area contributed by atoms with E-state index in [9.17, 15) is 4.39 Å². The average molecular weight is 358 g/mol. The minimum Gasteiger partial charge on any atom is -0.310 e. The molecular weight excluding hydrogens is 343 g/mol. The summed E-state index contributed by atoms with van der Waals surface area (Å²) in [6, 6.07) is 8.82. The summed E-state index contributed by atoms with van der Waals surface area (Å²) in [5.74, 6) is -0.396. The van der Waals surface area contributed by atoms with E-state index < -0.39 is 5.82 Å². The van der Waals surface area contributed by atoms with Gasteiger partial charge in [-0.1, -0.05) is 24.6 Å². The van der Waals surface area contributed by atoms with Crippen molar-refractivity contribution in [3.8, 4) is 0 Å². The lowest BCUT2D eigenvalue weighted by Crippen LogP contribution is -2.23. The predicted molar refractivity (Wildman–Crippen MR) is 83.5 cm³/mol. The molecule has 1 aromatic heterocycles. The van der Waals surface area contributed by atoms with Gasteiger partial charge in [0.05, 0.1) is 5.02 Å². The van der Waals surface area contributed by atoms with Crippen LogP contribution in [-0.2, 0) is 6.42 Å². The topological polar surface area (TPSA) is 24.9 Å². The number of pyridine rings is 1. The van der Waals surface area contributed by atoms with Crippen LogP contribution in [0.4, 0.5) is 4.39 Å². The summed E-state index contributed by atoms with van der Waals surface area (Å²) in [5, 5.41) is 3.52. The van der Waals surface area contributed by atoms with Crippen molar-refractivity contribution in [2.75, 3.05) is 6.54 Å². The van der Waals surface area contributed by atoms with Gasteiger partial charge in [0.15, 0.2) is 0 Å². The average Bonchev–Trinajstić information content (AvgIpc) is 2.44. The second-order valence-corrected chi connectivity index (χ2v) is 5.78. The lowest BCUT2D eigenvalue weighted by molar-refractivity contribution is 0.542. The molecular formula is C15H15BrClFN2. The molecule has 0 aliphatic carbocycles. The minimum atomic E-state index is -0.396. The van der Waals surface area contributed by atoms with Crippen LogP contribution in [0.25, 0.3) is 0 Å². The van der Waals surface area contributed by atoms with Gasteiger partial charge in [-0.3, -0.25) is 4.98 Å². The molecule has 1 heterocycles. The first kappa shape index (κ1) is 15.4. The molecule has 0 saturated heterocycles. The SMILES string of the molecule is CCNC(Cc1ccc(Br)cn1)c1ccc(F)c(Cl)c1. The molecule has 0 spiro atoms. The first-order chi connectivity index (χ1) is 9.60. The molecule has 2 rings (SSSR count). The van der Waals surface area contributed by atoms with Gasteiger partial charge in [-0.2, -0.15) is 0 Å². The minimum absolute atomic E-state index is 0.0618. The number of benzene rings is 1. The van der Waals surface area contributed by atoms with Crippen molar-refractivity contribution in [3.63, 3.8) is 0 Å². The molecule has 0 bridgehead atoms. The number of nitrogens with one attached hydrogen (secondary N) is 1. The molecule has 0 fully saturated rings. The predicted octanol–water partition coefficient (Wildman–Crippen LogP) is 4.53. The van der Waals surface area contributed by atoms with Gasteiger partial charge < -0.3 is 5.32 Å². The van der Waals surface area contributed by atoms with E-state index in [4.69, 9.17) is 11.6 Å². The number of likely N-dealkylation sites (N-methyl/N-ethyl adjacent to an activating group) is 1. The molecule has 1 N–H and O–H groups in total. The molecule has 0 radical (unpaired) electrons. The quantitative estimate of drug-likeness (QED) is 0.850. The highest BCUT2D eigenvalue weighted by Crippen LogP contribution is 2.23. The first-order valence-corrected chi connectivity index (χ1v) is 7.56. The molecule has 0 saturated carbocycles. The Kier molecular flexibility index (Phi) is 5.52. The number of aromatic nitrogens is 1. The van der Waals surface area contributed by atoms with E-state index in [1.807, 2.05) is 19.1 Å². The summed E-state index contributed by atoms with van der Waals surface area (Å²) >= 11 is 9.22. The van der Waals surface area contributed by atoms with Crippen LogP contribution in [0.5, 0.6) is 0 Å². The highest BCUT2D eigenvalue weighted by molar-refractivity contribution is 9.10. The van der Waals surface area contributed by atoms with Crippen LogP contribution in [0.3, 0.4) is 0 Å². The largest absolute Gasteiger partial charge is 0.310 e. The maximum Gasteiger partial charge on any atom is 0.141 e. The standard InChI is InChI=1S/C15H15BrClFN2/c1-2-19-15(8-12-5-4-11(16)9-20-12)10-3-6-14(18)13(17)7-10/h3-7,9,15,19H,2,8H2,1H3. The summed E-state index contributed by atoms with van der Waals surface area (Å²) in [5.41, 5.74) is 1.93. The highest BCUT2D eigenvalue weighted by atomic mass is 79.9. The van der Waals surface area contributed by atoms with Crippen molar-refractivity contribution in [3.05, 3.63) is 63.1 Å². The molecule has 1 aromatic carbocycles. The van der Waals surface area contributed by atoms with Crippen molar-refractivity contribution in [1.82, 2.24) is 10.3 Å². The molecule has 0 amide bonds. The van der Waals surface area contributed by atoms with E-state index in [1.54, 1.807) is 18.3 Å². The third kappa shape index (κ3) is 4.01. The van der Waals surface area contributed by atoms with E-state index in [0.29, 0.717) is 0 Å². The van der Waals surface area contributed by atoms with Gasteiger partial charge in [0, 0.05) is 28.8 Å². The Morgan fingerprint density at radius 2 is 2.15 bits per heavy atom. The number of rotatable bonds is 5. The van der Waals surface area contributed by atoms with Gasteiger partial charge >= 0.3 is 0 Å². The second kappa shape index (κ2) is 7.16. The zero-order valence-electron chi connectivity index (χ0n) is 11.0. The summed E-state index contributed by atoms with van der Waals surface area (Å²) in [6.07, 6.45) is 2.50. The van der Waals surface area contributed by atoms with Crippen LogP contribution < -0.4 is 5.32 Å². The zero-order valence-corrected chi connectivity index (χ0v) is 13.4. The molecule has 0 aliphatic rings. The maximum atomic E-state index is 13.2. The Morgan fingerprint density at radius 1 is 1.35 bits per heavy atom. The summed E-state index contributed by atoms with van der Waals surface area (Å²) < 4.78 is 14.2. The summed E-state index contributed by atoms with van der Waals surface area (Å²) in [4.78, 5) is 4.37. The lowest BCUT2D eigenvalue weighted by Gasteiger charge is -2.18. The third-order valence-corrected chi connectivity index (χ3v) is 3.76. The normalized spacial score (nSPS) is 12.4. The van der Waals surface area contributed by atoms with Crippen molar-refractivity contribution < 1.29 is 4.39 Å². The van der Waals surface area contributed by atoms with Crippen LogP contribution in [0.1, 0.15) is 24.2 Å². The Balaban J connectivity index is 2.21. The fraction of sp³-hybridized carbons (Fsp3) is 0.267. The van der Waals surface area contributed by atoms with Crippen LogP contribution in [0, 0.1) is 5.82 Å². The van der Waals surface area contributed by atoms with Gasteiger partial charge in [0.25, 0.3) is 0 Å². The van der Waals surface area contributed by atoms with E-state index in [-0.39, 0.29) is 11.1 Å². The molecule has 2 nitrogen and oxygen atoms in total. The first-order valence-electron chi connectivity index (χ1n) is 6.39. The highest BCUT2D eigenvalue weighted by Gasteiger charge is 2.13. The van der Waals surface area contributed by atoms with Crippen molar-refractivity contribution >= 4 is 27.5 Å². The molecule has 0 aliphatic heterocycles. The lowest BCUT2D eigenvalue weighted by atomic mass is 10.0. The van der Waals surface area contributed by atoms with E-state index >= 15 is 0 Å². The van der Waals surface area contributed by atoms with Crippen LogP contribution in [0.15, 0.2) is 41.0 Å². The summed E-state index contributed by atoms with van der Waals surface area (Å²) in [6.45, 7) is 2.85. The third-order valence-electron chi connectivity index (χ3n) is 3.00. The summed E-state index contributed by atoms with van der Waals surface area (Å²) in [7, 11) is 0. The molecule has 5 heteroatoms. The van der Waals surface area contributed by atoms with Gasteiger partial charge in [0.2, 0.25) is 0 Å². The zero-order chi connectivity index (χ0) is 14.5. The second-order valence-electron chi connectivity index (χ2n) is 4.46. The van der Waals surface area contributed by atoms with Crippen molar-refractivity contribution in [2.45, 2.75) is 19.4 Å². The molecule has 1 atom stereocenters. The van der Waals surface area contributed by atoms with Crippen molar-refractivity contribution in [1.29, 1.82) is 0 Å². The van der Waals surface area contributed by atoms with Crippen LogP contribution in [0.2, 0.25) is 5.02 Å². The Hall–Kier alpha value is -0.970. The van der Waals surface area contributed by atoms with E-state index in [0.717, 1.165) is 28.7 Å². The van der Waals surface area contributed by atoms with E-state index in [1.165, 1.54) is 6.07 Å². The van der Waals surface area contributed by atoms with Crippen LogP contribution >= 0.6 is 27.5 Å². The fourth-order valence-electron chi connectivity index (χ4n) is 2.02. The maximum absolute atomic E-state index is 13.2. The number of nitrogens with zero attached hydrogens (tertiary/aromatic N) is 1. The number of halogens is 3. The van der Waals surface area contributed by atoms with Crippen LogP contribution in [-0.4, -0.2) is 11.5 Å². The van der Waals surface area contributed by atoms with Gasteiger partial charge in [-0.05, 0) is 52.3 Å². The van der Waals surface area contributed by atoms with Crippen molar-refractivity contribution in [2.24, 2.45) is 0 Å². The molecule has 2 aromatic rings. The monoisotopic (exact) mass is 356 g/mol. The van der Waals surface area contributed by atoms with Gasteiger partial charge in [-0.15, -0.1) is 0 Å². The Labute approximate surface area is 131 Å². The van der Waals surface area contributed by atoms with Gasteiger partial charge in [-0.25, -0.2) is 4.39 Å². The molecule has 20 heavy (non-hydrogen) atoms. The number of hydrogen-bond acceptors (Lipinski definition) is 2.